The van der Waals surface area contributed by atoms with E-state index in [2.05, 4.69) is 4.99 Å². The minimum absolute atomic E-state index is 0.0520. The van der Waals surface area contributed by atoms with Crippen molar-refractivity contribution in [3.8, 4) is 0 Å². The maximum absolute atomic E-state index is 13.9. The lowest BCUT2D eigenvalue weighted by atomic mass is 9.95. The van der Waals surface area contributed by atoms with Crippen molar-refractivity contribution in [3.63, 3.8) is 0 Å². The van der Waals surface area contributed by atoms with E-state index in [0.717, 1.165) is 42.4 Å². The van der Waals surface area contributed by atoms with Crippen LogP contribution in [0.1, 0.15) is 58.8 Å². The highest BCUT2D eigenvalue weighted by atomic mass is 19.4. The molecule has 0 saturated heterocycles. The molecular formula is C33H36F3N5O6. The van der Waals surface area contributed by atoms with E-state index in [0.29, 0.717) is 17.8 Å². The van der Waals surface area contributed by atoms with Crippen molar-refractivity contribution in [1.82, 2.24) is 4.90 Å². The Balaban J connectivity index is 0.000000771. The van der Waals surface area contributed by atoms with Crippen molar-refractivity contribution in [2.24, 2.45) is 16.5 Å². The molecule has 0 unspecified atom stereocenters. The van der Waals surface area contributed by atoms with Gasteiger partial charge in [-0.25, -0.2) is 4.79 Å². The van der Waals surface area contributed by atoms with Crippen molar-refractivity contribution in [2.75, 3.05) is 24.5 Å². The third kappa shape index (κ3) is 10.6. The van der Waals surface area contributed by atoms with E-state index in [1.807, 2.05) is 78.9 Å². The zero-order chi connectivity index (χ0) is 34.6. The van der Waals surface area contributed by atoms with Gasteiger partial charge < -0.3 is 26.6 Å². The first kappa shape index (κ1) is 36.1. The lowest BCUT2D eigenvalue weighted by molar-refractivity contribution is -0.192. The van der Waals surface area contributed by atoms with Crippen LogP contribution in [0.4, 0.5) is 18.9 Å². The Hall–Kier alpha value is -5.40. The van der Waals surface area contributed by atoms with E-state index in [9.17, 15) is 32.7 Å². The summed E-state index contributed by atoms with van der Waals surface area (Å²) in [7, 11) is 0. The molecule has 1 aliphatic heterocycles. The fourth-order valence-electron chi connectivity index (χ4n) is 5.02. The number of halogens is 3. The molecule has 0 bridgehead atoms. The number of benzene rings is 3. The average molecular weight is 656 g/mol. The molecule has 0 aliphatic carbocycles. The molecule has 2 amide bonds. The van der Waals surface area contributed by atoms with Crippen molar-refractivity contribution < 1.29 is 42.6 Å². The number of nitrogens with two attached hydrogens (primary N) is 2. The van der Waals surface area contributed by atoms with Gasteiger partial charge >= 0.3 is 18.1 Å². The number of hydrogen-bond donors (Lipinski definition) is 4. The molecule has 11 nitrogen and oxygen atoms in total. The van der Waals surface area contributed by atoms with Crippen LogP contribution in [0.25, 0.3) is 0 Å². The molecule has 0 radical (unpaired) electrons. The molecule has 0 spiro atoms. The second kappa shape index (κ2) is 16.8. The highest BCUT2D eigenvalue weighted by Crippen LogP contribution is 2.37. The van der Waals surface area contributed by atoms with Gasteiger partial charge in [0.05, 0.1) is 23.7 Å². The zero-order valence-electron chi connectivity index (χ0n) is 25.4. The summed E-state index contributed by atoms with van der Waals surface area (Å²) in [5.41, 5.74) is 14.5. The SMILES string of the molecule is NC(N)=NCCCCCc1ccc2c(c1)C(=O)N(CCC(=O)O)CC(=O)N2C(c1ccccc1)c1ccccc1.O=C(O)C(F)(F)F. The number of amides is 2. The number of carbonyl (C=O) groups excluding carboxylic acids is 2. The number of carbonyl (C=O) groups is 4. The normalized spacial score (nSPS) is 12.9. The molecule has 0 aromatic heterocycles. The molecule has 3 aromatic rings. The number of nitrogens with zero attached hydrogens (tertiary/aromatic N) is 3. The summed E-state index contributed by atoms with van der Waals surface area (Å²) in [6.07, 6.45) is -1.93. The number of alkyl halides is 3. The smallest absolute Gasteiger partial charge is 0.481 e. The van der Waals surface area contributed by atoms with Crippen molar-refractivity contribution in [2.45, 2.75) is 44.3 Å². The molecule has 1 aliphatic rings. The van der Waals surface area contributed by atoms with E-state index >= 15 is 0 Å². The molecule has 6 N–H and O–H groups in total. The Kier molecular flexibility index (Phi) is 12.9. The number of fused-ring (bicyclic) bond motifs is 1. The summed E-state index contributed by atoms with van der Waals surface area (Å²) in [6.45, 7) is 0.307. The minimum Gasteiger partial charge on any atom is -0.481 e. The monoisotopic (exact) mass is 655 g/mol. The average Bonchev–Trinajstić information content (AvgIpc) is 3.12. The van der Waals surface area contributed by atoms with E-state index in [1.165, 1.54) is 4.90 Å². The van der Waals surface area contributed by atoms with E-state index < -0.39 is 24.2 Å². The number of hydrogen-bond acceptors (Lipinski definition) is 5. The number of carboxylic acid groups (broad SMARTS) is 2. The van der Waals surface area contributed by atoms with Crippen LogP contribution < -0.4 is 16.4 Å². The zero-order valence-corrected chi connectivity index (χ0v) is 25.4. The number of aliphatic carboxylic acids is 2. The van der Waals surface area contributed by atoms with Gasteiger partial charge in [-0.05, 0) is 48.1 Å². The highest BCUT2D eigenvalue weighted by Gasteiger charge is 2.38. The summed E-state index contributed by atoms with van der Waals surface area (Å²) in [5, 5.41) is 16.4. The van der Waals surface area contributed by atoms with Gasteiger partial charge in [0, 0.05) is 13.1 Å². The highest BCUT2D eigenvalue weighted by molar-refractivity contribution is 6.10. The summed E-state index contributed by atoms with van der Waals surface area (Å²) in [5.74, 6) is -4.32. The number of carboxylic acids is 2. The maximum Gasteiger partial charge on any atom is 0.490 e. The lowest BCUT2D eigenvalue weighted by Crippen LogP contribution is -2.42. The van der Waals surface area contributed by atoms with Gasteiger partial charge in [-0.3, -0.25) is 24.3 Å². The van der Waals surface area contributed by atoms with Gasteiger partial charge in [0.1, 0.15) is 6.54 Å². The van der Waals surface area contributed by atoms with Crippen LogP contribution in [0.5, 0.6) is 0 Å². The molecule has 250 valence electrons. The largest absolute Gasteiger partial charge is 0.490 e. The second-order valence-corrected chi connectivity index (χ2v) is 10.6. The molecule has 3 aromatic carbocycles. The summed E-state index contributed by atoms with van der Waals surface area (Å²) < 4.78 is 31.7. The fourth-order valence-corrected chi connectivity index (χ4v) is 5.02. The minimum atomic E-state index is -5.08. The maximum atomic E-state index is 13.9. The van der Waals surface area contributed by atoms with E-state index in [-0.39, 0.29) is 37.3 Å². The van der Waals surface area contributed by atoms with Crippen LogP contribution >= 0.6 is 0 Å². The quantitative estimate of drug-likeness (QED) is 0.126. The standard InChI is InChI=1S/C31H35N5O4.C2HF3O2/c32-31(33)34-18-9-3-4-10-22-15-16-26-25(20-22)30(40)35(19-17-28(38)39)21-27(37)36(26)29(23-11-5-1-6-12-23)24-13-7-2-8-14-24;3-2(4,5)1(6)7/h1-2,5-8,11-16,20,29H,3-4,9-10,17-19,21H2,(H,38,39)(H4,32,33,34);(H,6,7). The van der Waals surface area contributed by atoms with Crippen LogP contribution in [0.15, 0.2) is 83.9 Å². The molecule has 47 heavy (non-hydrogen) atoms. The predicted octanol–water partition coefficient (Wildman–Crippen LogP) is 4.36. The Labute approximate surface area is 269 Å². The van der Waals surface area contributed by atoms with Gasteiger partial charge in [0.15, 0.2) is 5.96 Å². The Bertz CT molecular complexity index is 1520. The molecule has 4 rings (SSSR count). The molecule has 0 saturated carbocycles. The van der Waals surface area contributed by atoms with E-state index in [1.54, 1.807) is 4.90 Å². The van der Waals surface area contributed by atoms with Gasteiger partial charge in [0.2, 0.25) is 5.91 Å². The molecule has 0 atom stereocenters. The molecule has 0 fully saturated rings. The number of rotatable bonds is 12. The van der Waals surface area contributed by atoms with Gasteiger partial charge in [-0.1, -0.05) is 73.2 Å². The number of aryl methyl sites for hydroxylation is 1. The number of aliphatic imine (C=N–C) groups is 1. The van der Waals surface area contributed by atoms with Gasteiger partial charge in [-0.2, -0.15) is 13.2 Å². The first-order valence-electron chi connectivity index (χ1n) is 14.7. The molecule has 14 heteroatoms. The fraction of sp³-hybridized carbons (Fsp3) is 0.303. The van der Waals surface area contributed by atoms with Crippen LogP contribution in [-0.2, 0) is 20.8 Å². The summed E-state index contributed by atoms with van der Waals surface area (Å²) in [6, 6.07) is 24.6. The van der Waals surface area contributed by atoms with Crippen LogP contribution in [0.2, 0.25) is 0 Å². The topological polar surface area (TPSA) is 180 Å². The van der Waals surface area contributed by atoms with E-state index in [4.69, 9.17) is 21.4 Å². The molecule has 1 heterocycles. The Morgan fingerprint density at radius 2 is 1.45 bits per heavy atom. The number of anilines is 1. The molecular weight excluding hydrogens is 619 g/mol. The lowest BCUT2D eigenvalue weighted by Gasteiger charge is -2.33. The Morgan fingerprint density at radius 3 is 1.96 bits per heavy atom. The third-order valence-electron chi connectivity index (χ3n) is 7.18. The van der Waals surface area contributed by atoms with Crippen molar-refractivity contribution >= 4 is 35.4 Å². The van der Waals surface area contributed by atoms with Crippen molar-refractivity contribution in [3.05, 3.63) is 101 Å². The number of unbranched alkanes of at least 4 members (excludes halogenated alkanes) is 2. The first-order chi connectivity index (χ1) is 22.3. The van der Waals surface area contributed by atoms with Crippen LogP contribution in [0.3, 0.4) is 0 Å². The Morgan fingerprint density at radius 1 is 0.872 bits per heavy atom. The van der Waals surface area contributed by atoms with Crippen LogP contribution in [-0.4, -0.2) is 70.6 Å². The van der Waals surface area contributed by atoms with Gasteiger partial charge in [0.25, 0.3) is 5.91 Å². The first-order valence-corrected chi connectivity index (χ1v) is 14.7. The third-order valence-corrected chi connectivity index (χ3v) is 7.18. The number of guanidine groups is 1. The van der Waals surface area contributed by atoms with Gasteiger partial charge in [-0.15, -0.1) is 0 Å². The summed E-state index contributed by atoms with van der Waals surface area (Å²) in [4.78, 5) is 55.0. The van der Waals surface area contributed by atoms with Crippen molar-refractivity contribution in [1.29, 1.82) is 0 Å². The second-order valence-electron chi connectivity index (χ2n) is 10.6. The summed E-state index contributed by atoms with van der Waals surface area (Å²) >= 11 is 0. The van der Waals surface area contributed by atoms with Crippen LogP contribution in [0, 0.1) is 0 Å². The predicted molar refractivity (Wildman–Crippen MR) is 169 cm³/mol.